The first-order chi connectivity index (χ1) is 14.8. The van der Waals surface area contributed by atoms with Crippen molar-refractivity contribution < 1.29 is 18.3 Å². The minimum Gasteiger partial charge on any atom is -0.494 e. The zero-order chi connectivity index (χ0) is 22.3. The molecule has 1 spiro atoms. The molecule has 0 bridgehead atoms. The van der Waals surface area contributed by atoms with Crippen LogP contribution in [0.4, 0.5) is 5.69 Å². The van der Waals surface area contributed by atoms with Crippen molar-refractivity contribution in [1.82, 2.24) is 0 Å². The molecule has 0 fully saturated rings. The number of anilines is 1. The van der Waals surface area contributed by atoms with E-state index in [0.717, 1.165) is 29.5 Å². The Morgan fingerprint density at radius 2 is 1.81 bits per heavy atom. The standard InChI is InChI=1S/C25H33NO4Si/c1-24(2)21-10-7-8-11-22(21)26(3)25(24)15-14-19-18-20(12-13-23(19)30-25)29-16-9-17-31(6,27-4)28-5/h7-8,10-15,18H,9,16-17H2,1-6H3. The van der Waals surface area contributed by atoms with Gasteiger partial charge in [0.15, 0.2) is 0 Å². The van der Waals surface area contributed by atoms with E-state index in [9.17, 15) is 0 Å². The molecule has 5 nitrogen and oxygen atoms in total. The van der Waals surface area contributed by atoms with E-state index >= 15 is 0 Å². The van der Waals surface area contributed by atoms with Crippen molar-refractivity contribution in [2.24, 2.45) is 0 Å². The van der Waals surface area contributed by atoms with E-state index < -0.39 is 14.3 Å². The van der Waals surface area contributed by atoms with Gasteiger partial charge in [0, 0.05) is 32.5 Å². The number of nitrogens with zero attached hydrogens (tertiary/aromatic N) is 1. The fourth-order valence-corrected chi connectivity index (χ4v) is 6.08. The molecule has 1 atom stereocenters. The molecule has 0 saturated heterocycles. The molecule has 1 unspecified atom stereocenters. The summed E-state index contributed by atoms with van der Waals surface area (Å²) in [6.45, 7) is 7.20. The molecule has 31 heavy (non-hydrogen) atoms. The van der Waals surface area contributed by atoms with E-state index in [1.807, 2.05) is 12.1 Å². The molecule has 4 rings (SSSR count). The van der Waals surface area contributed by atoms with Crippen molar-refractivity contribution in [1.29, 1.82) is 0 Å². The Labute approximate surface area is 186 Å². The van der Waals surface area contributed by atoms with Gasteiger partial charge in [-0.05, 0) is 74.8 Å². The molecule has 166 valence electrons. The molecule has 6 heteroatoms. The van der Waals surface area contributed by atoms with Crippen LogP contribution in [0.15, 0.2) is 48.5 Å². The number of rotatable bonds is 7. The molecule has 0 amide bonds. The average Bonchev–Trinajstić information content (AvgIpc) is 2.95. The number of likely N-dealkylation sites (N-methyl/N-ethyl adjacent to an activating group) is 1. The van der Waals surface area contributed by atoms with Crippen LogP contribution in [-0.4, -0.2) is 42.2 Å². The van der Waals surface area contributed by atoms with Crippen LogP contribution in [0, 0.1) is 0 Å². The largest absolute Gasteiger partial charge is 0.494 e. The Bertz CT molecular complexity index is 985. The van der Waals surface area contributed by atoms with Crippen LogP contribution in [0.3, 0.4) is 0 Å². The van der Waals surface area contributed by atoms with Gasteiger partial charge in [0.2, 0.25) is 5.72 Å². The first-order valence-corrected chi connectivity index (χ1v) is 13.4. The van der Waals surface area contributed by atoms with Gasteiger partial charge in [0.25, 0.3) is 0 Å². The van der Waals surface area contributed by atoms with Gasteiger partial charge >= 0.3 is 8.56 Å². The fourth-order valence-electron chi connectivity index (χ4n) is 4.72. The molecule has 2 aliphatic rings. The summed E-state index contributed by atoms with van der Waals surface area (Å²) in [5.41, 5.74) is 2.80. The lowest BCUT2D eigenvalue weighted by atomic mass is 9.76. The number of hydrogen-bond acceptors (Lipinski definition) is 5. The first-order valence-electron chi connectivity index (χ1n) is 10.8. The maximum Gasteiger partial charge on any atom is 0.334 e. The van der Waals surface area contributed by atoms with E-state index in [1.165, 1.54) is 11.3 Å². The van der Waals surface area contributed by atoms with Crippen molar-refractivity contribution in [3.8, 4) is 11.5 Å². The number of benzene rings is 2. The zero-order valence-corrected chi connectivity index (χ0v) is 20.4. The summed E-state index contributed by atoms with van der Waals surface area (Å²) in [4.78, 5) is 2.25. The predicted molar refractivity (Wildman–Crippen MR) is 127 cm³/mol. The molecule has 0 aliphatic carbocycles. The third-order valence-corrected chi connectivity index (χ3v) is 9.96. The lowest BCUT2D eigenvalue weighted by Crippen LogP contribution is -2.58. The van der Waals surface area contributed by atoms with Crippen LogP contribution in [0.1, 0.15) is 31.4 Å². The lowest BCUT2D eigenvalue weighted by molar-refractivity contribution is 0.0581. The predicted octanol–water partition coefficient (Wildman–Crippen LogP) is 5.35. The number of fused-ring (bicyclic) bond motifs is 2. The van der Waals surface area contributed by atoms with Crippen LogP contribution in [0.2, 0.25) is 12.6 Å². The Balaban J connectivity index is 1.48. The normalized spacial score (nSPS) is 21.0. The molecule has 0 radical (unpaired) electrons. The molecule has 0 N–H and O–H groups in total. The summed E-state index contributed by atoms with van der Waals surface area (Å²) in [6.07, 6.45) is 5.25. The summed E-state index contributed by atoms with van der Waals surface area (Å²) in [7, 11) is 3.51. The van der Waals surface area contributed by atoms with Gasteiger partial charge in [-0.1, -0.05) is 18.2 Å². The van der Waals surface area contributed by atoms with Gasteiger partial charge in [-0.3, -0.25) is 0 Å². The highest BCUT2D eigenvalue weighted by atomic mass is 28.4. The van der Waals surface area contributed by atoms with E-state index in [0.29, 0.717) is 6.61 Å². The number of para-hydroxylation sites is 1. The van der Waals surface area contributed by atoms with E-state index in [1.54, 1.807) is 14.2 Å². The third-order valence-electron chi connectivity index (χ3n) is 6.98. The van der Waals surface area contributed by atoms with E-state index in [2.05, 4.69) is 74.8 Å². The summed E-state index contributed by atoms with van der Waals surface area (Å²) in [5, 5.41) is 0. The van der Waals surface area contributed by atoms with Crippen LogP contribution >= 0.6 is 0 Å². The summed E-state index contributed by atoms with van der Waals surface area (Å²) in [5.74, 6) is 1.73. The van der Waals surface area contributed by atoms with Gasteiger partial charge in [-0.15, -0.1) is 0 Å². The van der Waals surface area contributed by atoms with Gasteiger partial charge < -0.3 is 23.2 Å². The van der Waals surface area contributed by atoms with Crippen molar-refractivity contribution in [2.45, 2.75) is 44.0 Å². The summed E-state index contributed by atoms with van der Waals surface area (Å²) >= 11 is 0. The fraction of sp³-hybridized carbons (Fsp3) is 0.440. The van der Waals surface area contributed by atoms with E-state index in [4.69, 9.17) is 18.3 Å². The molecule has 2 heterocycles. The Morgan fingerprint density at radius 3 is 2.52 bits per heavy atom. The van der Waals surface area contributed by atoms with Crippen LogP contribution in [-0.2, 0) is 14.3 Å². The minimum absolute atomic E-state index is 0.194. The van der Waals surface area contributed by atoms with Gasteiger partial charge in [0.05, 0.1) is 12.0 Å². The van der Waals surface area contributed by atoms with Crippen molar-refractivity contribution in [2.75, 3.05) is 32.8 Å². The highest BCUT2D eigenvalue weighted by molar-refractivity contribution is 6.65. The second-order valence-electron chi connectivity index (χ2n) is 9.03. The van der Waals surface area contributed by atoms with Crippen LogP contribution in [0.5, 0.6) is 11.5 Å². The van der Waals surface area contributed by atoms with Gasteiger partial charge in [-0.25, -0.2) is 0 Å². The van der Waals surface area contributed by atoms with Crippen molar-refractivity contribution in [3.63, 3.8) is 0 Å². The summed E-state index contributed by atoms with van der Waals surface area (Å²) in [6, 6.07) is 15.5. The molecule has 2 aromatic carbocycles. The highest BCUT2D eigenvalue weighted by Crippen LogP contribution is 2.54. The first kappa shape index (κ1) is 21.9. The maximum atomic E-state index is 6.70. The Morgan fingerprint density at radius 1 is 1.06 bits per heavy atom. The smallest absolute Gasteiger partial charge is 0.334 e. The van der Waals surface area contributed by atoms with Crippen LogP contribution in [0.25, 0.3) is 6.08 Å². The van der Waals surface area contributed by atoms with Gasteiger partial charge in [-0.2, -0.15) is 0 Å². The molecule has 2 aromatic rings. The molecule has 0 saturated carbocycles. The number of ether oxygens (including phenoxy) is 2. The lowest BCUT2D eigenvalue weighted by Gasteiger charge is -2.45. The topological polar surface area (TPSA) is 40.2 Å². The quantitative estimate of drug-likeness (QED) is 0.430. The Kier molecular flexibility index (Phi) is 5.66. The number of hydrogen-bond donors (Lipinski definition) is 0. The summed E-state index contributed by atoms with van der Waals surface area (Å²) < 4.78 is 23.8. The monoisotopic (exact) mass is 439 g/mol. The van der Waals surface area contributed by atoms with Gasteiger partial charge in [0.1, 0.15) is 11.5 Å². The maximum absolute atomic E-state index is 6.70. The van der Waals surface area contributed by atoms with Crippen LogP contribution < -0.4 is 14.4 Å². The van der Waals surface area contributed by atoms with Crippen molar-refractivity contribution in [3.05, 3.63) is 59.7 Å². The zero-order valence-electron chi connectivity index (χ0n) is 19.4. The van der Waals surface area contributed by atoms with E-state index in [-0.39, 0.29) is 5.41 Å². The third kappa shape index (κ3) is 3.56. The SMILES string of the molecule is CO[Si](C)(CCCOc1ccc2c(c1)C=CC1(O2)N(C)c2ccccc2C1(C)C)OC. The molecular weight excluding hydrogens is 406 g/mol. The molecule has 2 aliphatic heterocycles. The molecular formula is C25H33NO4Si. The van der Waals surface area contributed by atoms with Crippen molar-refractivity contribution >= 4 is 20.3 Å². The average molecular weight is 440 g/mol. The second kappa shape index (κ2) is 8.00. The highest BCUT2D eigenvalue weighted by Gasteiger charge is 2.57. The molecule has 0 aromatic heterocycles. The second-order valence-corrected chi connectivity index (χ2v) is 12.6. The Hall–Kier alpha value is -2.28. The minimum atomic E-state index is -2.04.